The molecule has 0 saturated carbocycles. The number of aliphatic hydroxyl groups is 1. The van der Waals surface area contributed by atoms with E-state index in [1.165, 1.54) is 0 Å². The summed E-state index contributed by atoms with van der Waals surface area (Å²) in [5.74, 6) is 0. The number of hydrogen-bond donors (Lipinski definition) is 2. The van der Waals surface area contributed by atoms with Gasteiger partial charge in [-0.1, -0.05) is 0 Å². The van der Waals surface area contributed by atoms with Crippen molar-refractivity contribution < 1.29 is 23.0 Å². The number of quaternary nitrogens is 1. The quantitative estimate of drug-likeness (QED) is 0.589. The molecule has 0 aromatic rings. The van der Waals surface area contributed by atoms with E-state index in [1.54, 1.807) is 6.92 Å². The summed E-state index contributed by atoms with van der Waals surface area (Å²) in [4.78, 5) is 0.555. The Morgan fingerprint density at radius 1 is 1.31 bits per heavy atom. The molecule has 2 nitrogen and oxygen atoms in total. The Bertz CT molecular complexity index is 173. The second kappa shape index (κ2) is 3.50. The Labute approximate surface area is 75.8 Å². The van der Waals surface area contributed by atoms with Crippen molar-refractivity contribution in [3.05, 3.63) is 0 Å². The van der Waals surface area contributed by atoms with Crippen LogP contribution in [0, 0.1) is 0 Å². The standard InChI is InChI=1S/C7H14BF3NO/c1-7(13)2-4-12(5-3-7)6-8(9,10)11/h13H,2-6H2,1H3/q-1/p+1. The maximum atomic E-state index is 12.0. The highest BCUT2D eigenvalue weighted by molar-refractivity contribution is 6.58. The van der Waals surface area contributed by atoms with Crippen molar-refractivity contribution in [2.45, 2.75) is 25.4 Å². The Balaban J connectivity index is 2.34. The second-order valence-corrected chi connectivity index (χ2v) is 4.16. The minimum atomic E-state index is -4.68. The predicted molar refractivity (Wildman–Crippen MR) is 44.5 cm³/mol. The van der Waals surface area contributed by atoms with Crippen LogP contribution in [0.3, 0.4) is 0 Å². The van der Waals surface area contributed by atoms with E-state index in [1.807, 2.05) is 0 Å². The third kappa shape index (κ3) is 4.00. The van der Waals surface area contributed by atoms with Gasteiger partial charge >= 0.3 is 6.98 Å². The van der Waals surface area contributed by atoms with Crippen LogP contribution in [-0.4, -0.2) is 37.2 Å². The average Bonchev–Trinajstić information content (AvgIpc) is 1.91. The minimum absolute atomic E-state index is 0.425. The molecule has 0 unspecified atom stereocenters. The van der Waals surface area contributed by atoms with E-state index in [0.29, 0.717) is 30.8 Å². The van der Waals surface area contributed by atoms with Gasteiger partial charge in [-0.15, -0.1) is 0 Å². The molecular formula is C7H15BF3NO. The summed E-state index contributed by atoms with van der Waals surface area (Å²) in [5, 5.41) is 9.50. The highest BCUT2D eigenvalue weighted by Gasteiger charge is 2.35. The summed E-state index contributed by atoms with van der Waals surface area (Å²) in [7, 11) is 0. The first-order valence-corrected chi connectivity index (χ1v) is 4.55. The molecule has 0 spiro atoms. The maximum Gasteiger partial charge on any atom is 0.531 e. The molecule has 13 heavy (non-hydrogen) atoms. The molecule has 1 saturated heterocycles. The fourth-order valence-electron chi connectivity index (χ4n) is 1.67. The van der Waals surface area contributed by atoms with Crippen LogP contribution in [0.2, 0.25) is 0 Å². The molecule has 1 fully saturated rings. The van der Waals surface area contributed by atoms with E-state index in [-0.39, 0.29) is 0 Å². The van der Waals surface area contributed by atoms with Crippen molar-refractivity contribution in [1.29, 1.82) is 0 Å². The second-order valence-electron chi connectivity index (χ2n) is 4.16. The summed E-state index contributed by atoms with van der Waals surface area (Å²) < 4.78 is 36.0. The van der Waals surface area contributed by atoms with Crippen LogP contribution in [0.1, 0.15) is 19.8 Å². The molecule has 1 aliphatic rings. The molecule has 1 aliphatic heterocycles. The van der Waals surface area contributed by atoms with Crippen molar-refractivity contribution in [2.75, 3.05) is 19.5 Å². The van der Waals surface area contributed by atoms with Crippen LogP contribution in [0.25, 0.3) is 0 Å². The van der Waals surface area contributed by atoms with E-state index in [9.17, 15) is 18.1 Å². The van der Waals surface area contributed by atoms with Crippen molar-refractivity contribution in [3.8, 4) is 0 Å². The zero-order valence-corrected chi connectivity index (χ0v) is 7.69. The number of piperidine rings is 1. The van der Waals surface area contributed by atoms with Crippen molar-refractivity contribution >= 4 is 6.98 Å². The molecule has 2 N–H and O–H groups in total. The number of nitrogens with one attached hydrogen (secondary N) is 1. The molecule has 0 aromatic heterocycles. The number of hydrogen-bond acceptors (Lipinski definition) is 1. The van der Waals surface area contributed by atoms with Crippen molar-refractivity contribution in [2.24, 2.45) is 0 Å². The molecule has 78 valence electrons. The van der Waals surface area contributed by atoms with Gasteiger partial charge in [-0.2, -0.15) is 0 Å². The first-order chi connectivity index (χ1) is 5.79. The fraction of sp³-hybridized carbons (Fsp3) is 1.00. The number of rotatable bonds is 2. The Kier molecular flexibility index (Phi) is 2.92. The van der Waals surface area contributed by atoms with Gasteiger partial charge in [-0.3, -0.25) is 0 Å². The van der Waals surface area contributed by atoms with Gasteiger partial charge < -0.3 is 23.0 Å². The lowest BCUT2D eigenvalue weighted by molar-refractivity contribution is -0.899. The van der Waals surface area contributed by atoms with Gasteiger partial charge in [-0.05, 0) is 6.92 Å². The highest BCUT2D eigenvalue weighted by Crippen LogP contribution is 2.14. The molecule has 0 amide bonds. The van der Waals surface area contributed by atoms with Gasteiger partial charge in [0.15, 0.2) is 0 Å². The molecular weight excluding hydrogens is 182 g/mol. The van der Waals surface area contributed by atoms with Crippen LogP contribution < -0.4 is 4.90 Å². The number of likely N-dealkylation sites (tertiary alicyclic amines) is 1. The third-order valence-electron chi connectivity index (χ3n) is 2.55. The van der Waals surface area contributed by atoms with Crippen molar-refractivity contribution in [1.82, 2.24) is 0 Å². The number of halogens is 3. The van der Waals surface area contributed by atoms with Crippen LogP contribution >= 0.6 is 0 Å². The van der Waals surface area contributed by atoms with Crippen LogP contribution in [0.5, 0.6) is 0 Å². The molecule has 6 heteroatoms. The van der Waals surface area contributed by atoms with Gasteiger partial charge in [-0.25, -0.2) is 0 Å². The summed E-state index contributed by atoms with van der Waals surface area (Å²) in [6.07, 6.45) is 0.221. The molecule has 1 heterocycles. The largest absolute Gasteiger partial charge is 0.531 e. The van der Waals surface area contributed by atoms with Gasteiger partial charge in [0.1, 0.15) is 0 Å². The first kappa shape index (κ1) is 10.9. The van der Waals surface area contributed by atoms with E-state index in [4.69, 9.17) is 0 Å². The highest BCUT2D eigenvalue weighted by atomic mass is 19.4. The van der Waals surface area contributed by atoms with E-state index in [2.05, 4.69) is 0 Å². The molecule has 0 radical (unpaired) electrons. The Hall–Kier alpha value is -0.225. The topological polar surface area (TPSA) is 24.7 Å². The monoisotopic (exact) mass is 197 g/mol. The van der Waals surface area contributed by atoms with Crippen molar-refractivity contribution in [3.63, 3.8) is 0 Å². The fourth-order valence-corrected chi connectivity index (χ4v) is 1.67. The summed E-state index contributed by atoms with van der Waals surface area (Å²) in [6.45, 7) is -2.15. The lowest BCUT2D eigenvalue weighted by Gasteiger charge is -2.35. The summed E-state index contributed by atoms with van der Waals surface area (Å²) in [5.41, 5.74) is -0.748. The summed E-state index contributed by atoms with van der Waals surface area (Å²) in [6, 6.07) is 0. The van der Waals surface area contributed by atoms with Gasteiger partial charge in [0.05, 0.1) is 25.1 Å². The molecule has 1 rings (SSSR count). The molecule has 0 aliphatic carbocycles. The predicted octanol–water partition coefficient (Wildman–Crippen LogP) is -0.197. The zero-order chi connectivity index (χ0) is 10.1. The Morgan fingerprint density at radius 3 is 2.15 bits per heavy atom. The third-order valence-corrected chi connectivity index (χ3v) is 2.55. The first-order valence-electron chi connectivity index (χ1n) is 4.55. The normalized spacial score (nSPS) is 36.2. The summed E-state index contributed by atoms with van der Waals surface area (Å²) >= 11 is 0. The van der Waals surface area contributed by atoms with Crippen LogP contribution in [0.15, 0.2) is 0 Å². The molecule has 0 atom stereocenters. The smallest absolute Gasteiger partial charge is 0.445 e. The lowest BCUT2D eigenvalue weighted by Crippen LogP contribution is -3.15. The SMILES string of the molecule is CC1(O)CC[NH+](C[B-](F)(F)F)CC1. The van der Waals surface area contributed by atoms with Gasteiger partial charge in [0.2, 0.25) is 0 Å². The zero-order valence-electron chi connectivity index (χ0n) is 7.69. The molecule has 0 bridgehead atoms. The molecule has 0 aromatic carbocycles. The van der Waals surface area contributed by atoms with Gasteiger partial charge in [0, 0.05) is 12.8 Å². The lowest BCUT2D eigenvalue weighted by atomic mass is 9.87. The van der Waals surface area contributed by atoms with Crippen LogP contribution in [-0.2, 0) is 0 Å². The maximum absolute atomic E-state index is 12.0. The van der Waals surface area contributed by atoms with E-state index < -0.39 is 19.0 Å². The van der Waals surface area contributed by atoms with E-state index >= 15 is 0 Å². The van der Waals surface area contributed by atoms with Gasteiger partial charge in [0.25, 0.3) is 0 Å². The van der Waals surface area contributed by atoms with Crippen LogP contribution in [0.4, 0.5) is 12.9 Å². The minimum Gasteiger partial charge on any atom is -0.445 e. The van der Waals surface area contributed by atoms with E-state index in [0.717, 1.165) is 0 Å². The Morgan fingerprint density at radius 2 is 1.77 bits per heavy atom. The average molecular weight is 197 g/mol.